The first kappa shape index (κ1) is 18.1. The molecule has 0 saturated heterocycles. The van der Waals surface area contributed by atoms with Crippen LogP contribution in [0, 0.1) is 0 Å². The Hall–Kier alpha value is -2.26. The van der Waals surface area contributed by atoms with E-state index in [4.69, 9.17) is 11.6 Å². The van der Waals surface area contributed by atoms with Gasteiger partial charge in [0.2, 0.25) is 5.91 Å². The first-order valence-corrected chi connectivity index (χ1v) is 9.33. The van der Waals surface area contributed by atoms with Crippen LogP contribution >= 0.6 is 23.4 Å². The zero-order valence-corrected chi connectivity index (χ0v) is 15.3. The normalized spacial score (nSPS) is 14.0. The number of fused-ring (bicyclic) bond motifs is 2. The third-order valence-corrected chi connectivity index (χ3v) is 5.47. The molecule has 0 unspecified atom stereocenters. The largest absolute Gasteiger partial charge is 0.417 e. The fourth-order valence-corrected chi connectivity index (χ4v) is 4.02. The highest BCUT2D eigenvalue weighted by atomic mass is 35.5. The smallest absolute Gasteiger partial charge is 0.311 e. The summed E-state index contributed by atoms with van der Waals surface area (Å²) in [5.41, 5.74) is 1.19. The number of anilines is 1. The van der Waals surface area contributed by atoms with Crippen molar-refractivity contribution < 1.29 is 18.0 Å². The number of pyridine rings is 1. The molecule has 2 aromatic heterocycles. The first-order valence-electron chi connectivity index (χ1n) is 7.97. The molecule has 10 heteroatoms. The summed E-state index contributed by atoms with van der Waals surface area (Å²) in [4.78, 5) is 14.3. The lowest BCUT2D eigenvalue weighted by atomic mass is 10.2. The van der Waals surface area contributed by atoms with Crippen LogP contribution in [0.4, 0.5) is 18.9 Å². The number of hydrogen-bond donors (Lipinski definition) is 0. The molecule has 0 aliphatic carbocycles. The van der Waals surface area contributed by atoms with Crippen LogP contribution in [0.25, 0.3) is 5.65 Å². The molecule has 1 aliphatic rings. The van der Waals surface area contributed by atoms with E-state index in [-0.39, 0.29) is 27.5 Å². The third-order valence-electron chi connectivity index (χ3n) is 4.27. The molecule has 0 bridgehead atoms. The molecule has 27 heavy (non-hydrogen) atoms. The number of carbonyl (C=O) groups is 1. The maximum atomic E-state index is 13.0. The van der Waals surface area contributed by atoms with Gasteiger partial charge in [-0.25, -0.2) is 0 Å². The predicted octanol–water partition coefficient (Wildman–Crippen LogP) is 4.08. The van der Waals surface area contributed by atoms with Gasteiger partial charge in [-0.1, -0.05) is 41.6 Å². The molecule has 3 aromatic rings. The minimum Gasteiger partial charge on any atom is -0.311 e. The number of amides is 1. The molecule has 5 nitrogen and oxygen atoms in total. The highest BCUT2D eigenvalue weighted by molar-refractivity contribution is 7.99. The monoisotopic (exact) mass is 412 g/mol. The molecular formula is C17H12ClF3N4OS. The quantitative estimate of drug-likeness (QED) is 0.608. The average molecular weight is 413 g/mol. The SMILES string of the molecule is O=C(CSc1nnc2c(Cl)cc(C(F)(F)F)cn12)N1CCc2ccccc21. The van der Waals surface area contributed by atoms with E-state index >= 15 is 0 Å². The zero-order chi connectivity index (χ0) is 19.2. The van der Waals surface area contributed by atoms with Crippen molar-refractivity contribution in [1.29, 1.82) is 0 Å². The van der Waals surface area contributed by atoms with E-state index in [1.165, 1.54) is 4.40 Å². The Morgan fingerprint density at radius 1 is 1.26 bits per heavy atom. The number of alkyl halides is 3. The maximum absolute atomic E-state index is 13.0. The van der Waals surface area contributed by atoms with E-state index < -0.39 is 11.7 Å². The van der Waals surface area contributed by atoms with E-state index in [1.54, 1.807) is 4.90 Å². The van der Waals surface area contributed by atoms with Crippen molar-refractivity contribution in [3.05, 3.63) is 52.7 Å². The minimum atomic E-state index is -4.54. The summed E-state index contributed by atoms with van der Waals surface area (Å²) >= 11 is 6.92. The fraction of sp³-hybridized carbons (Fsp3) is 0.235. The van der Waals surface area contributed by atoms with Crippen molar-refractivity contribution in [3.8, 4) is 0 Å². The molecule has 0 spiro atoms. The van der Waals surface area contributed by atoms with E-state index in [2.05, 4.69) is 10.2 Å². The van der Waals surface area contributed by atoms with Gasteiger partial charge in [0.05, 0.1) is 16.3 Å². The van der Waals surface area contributed by atoms with Crippen LogP contribution in [-0.2, 0) is 17.4 Å². The van der Waals surface area contributed by atoms with E-state index in [9.17, 15) is 18.0 Å². The maximum Gasteiger partial charge on any atom is 0.417 e. The van der Waals surface area contributed by atoms with Crippen molar-refractivity contribution in [2.75, 3.05) is 17.2 Å². The fourth-order valence-electron chi connectivity index (χ4n) is 2.99. The second-order valence-corrected chi connectivity index (χ2v) is 7.31. The number of aromatic nitrogens is 3. The van der Waals surface area contributed by atoms with Gasteiger partial charge in [0.1, 0.15) is 0 Å². The Balaban J connectivity index is 1.56. The van der Waals surface area contributed by atoms with Crippen molar-refractivity contribution in [1.82, 2.24) is 14.6 Å². The van der Waals surface area contributed by atoms with Gasteiger partial charge < -0.3 is 4.90 Å². The Labute approximate surface area is 161 Å². The highest BCUT2D eigenvalue weighted by Gasteiger charge is 2.32. The summed E-state index contributed by atoms with van der Waals surface area (Å²) in [6.45, 7) is 0.587. The molecule has 1 aromatic carbocycles. The number of nitrogens with zero attached hydrogens (tertiary/aromatic N) is 4. The summed E-state index contributed by atoms with van der Waals surface area (Å²) in [6, 6.07) is 8.46. The summed E-state index contributed by atoms with van der Waals surface area (Å²) < 4.78 is 40.2. The summed E-state index contributed by atoms with van der Waals surface area (Å²) in [7, 11) is 0. The number of carbonyl (C=O) groups excluding carboxylic acids is 1. The lowest BCUT2D eigenvalue weighted by Gasteiger charge is -2.16. The van der Waals surface area contributed by atoms with Crippen LogP contribution in [0.1, 0.15) is 11.1 Å². The lowest BCUT2D eigenvalue weighted by Crippen LogP contribution is -2.30. The number of thioether (sulfide) groups is 1. The van der Waals surface area contributed by atoms with Gasteiger partial charge in [-0.2, -0.15) is 13.2 Å². The van der Waals surface area contributed by atoms with Gasteiger partial charge in [0.15, 0.2) is 10.8 Å². The molecule has 0 N–H and O–H groups in total. The van der Waals surface area contributed by atoms with Gasteiger partial charge in [0.25, 0.3) is 0 Å². The Bertz CT molecular complexity index is 1040. The second-order valence-electron chi connectivity index (χ2n) is 5.96. The molecule has 1 aliphatic heterocycles. The molecule has 0 fully saturated rings. The molecule has 140 valence electrons. The number of hydrogen-bond acceptors (Lipinski definition) is 4. The van der Waals surface area contributed by atoms with Crippen molar-refractivity contribution in [2.24, 2.45) is 0 Å². The Morgan fingerprint density at radius 3 is 2.81 bits per heavy atom. The van der Waals surface area contributed by atoms with Crippen LogP contribution in [0.2, 0.25) is 5.02 Å². The number of benzene rings is 1. The van der Waals surface area contributed by atoms with Crippen LogP contribution in [0.5, 0.6) is 0 Å². The van der Waals surface area contributed by atoms with Gasteiger partial charge in [-0.05, 0) is 24.1 Å². The van der Waals surface area contributed by atoms with Gasteiger partial charge in [-0.3, -0.25) is 9.20 Å². The van der Waals surface area contributed by atoms with Crippen molar-refractivity contribution in [2.45, 2.75) is 17.8 Å². The predicted molar refractivity (Wildman–Crippen MR) is 96.2 cm³/mol. The molecular weight excluding hydrogens is 401 g/mol. The van der Waals surface area contributed by atoms with E-state index in [1.807, 2.05) is 24.3 Å². The van der Waals surface area contributed by atoms with Crippen LogP contribution in [0.3, 0.4) is 0 Å². The minimum absolute atomic E-state index is 0.0307. The summed E-state index contributed by atoms with van der Waals surface area (Å²) in [6.07, 6.45) is -2.87. The van der Waals surface area contributed by atoms with E-state index in [0.717, 1.165) is 41.7 Å². The highest BCUT2D eigenvalue weighted by Crippen LogP contribution is 2.33. The summed E-state index contributed by atoms with van der Waals surface area (Å²) in [5.74, 6) is -0.108. The Morgan fingerprint density at radius 2 is 2.04 bits per heavy atom. The van der Waals surface area contributed by atoms with Crippen LogP contribution < -0.4 is 4.90 Å². The number of para-hydroxylation sites is 1. The van der Waals surface area contributed by atoms with Gasteiger partial charge in [-0.15, -0.1) is 10.2 Å². The Kier molecular flexibility index (Phi) is 4.51. The first-order chi connectivity index (χ1) is 12.8. The molecule has 4 rings (SSSR count). The number of halogens is 4. The standard InChI is InChI=1S/C17H12ClF3N4OS/c18-12-7-11(17(19,20)21)8-25-15(12)22-23-16(25)27-9-14(26)24-6-5-10-3-1-2-4-13(10)24/h1-4,7-8H,5-6,9H2. The van der Waals surface area contributed by atoms with Crippen molar-refractivity contribution >= 4 is 40.6 Å². The van der Waals surface area contributed by atoms with Crippen LogP contribution in [0.15, 0.2) is 41.7 Å². The lowest BCUT2D eigenvalue weighted by molar-refractivity contribution is -0.137. The van der Waals surface area contributed by atoms with E-state index in [0.29, 0.717) is 6.54 Å². The molecule has 1 amide bonds. The van der Waals surface area contributed by atoms with Gasteiger partial charge in [0, 0.05) is 18.4 Å². The topological polar surface area (TPSA) is 50.5 Å². The molecule has 0 radical (unpaired) electrons. The molecule has 0 atom stereocenters. The third kappa shape index (κ3) is 3.37. The van der Waals surface area contributed by atoms with Crippen LogP contribution in [-0.4, -0.2) is 32.8 Å². The zero-order valence-electron chi connectivity index (χ0n) is 13.7. The molecule has 3 heterocycles. The summed E-state index contributed by atoms with van der Waals surface area (Å²) in [5, 5.41) is 7.73. The van der Waals surface area contributed by atoms with Crippen molar-refractivity contribution in [3.63, 3.8) is 0 Å². The van der Waals surface area contributed by atoms with Gasteiger partial charge >= 0.3 is 6.18 Å². The average Bonchev–Trinajstić information content (AvgIpc) is 3.23. The second kappa shape index (κ2) is 6.72. The molecule has 0 saturated carbocycles. The number of rotatable bonds is 3.